The summed E-state index contributed by atoms with van der Waals surface area (Å²) in [7, 11) is 0. The first kappa shape index (κ1) is 14.4. The maximum Gasteiger partial charge on any atom is 0.248 e. The second-order valence-electron chi connectivity index (χ2n) is 7.64. The van der Waals surface area contributed by atoms with E-state index in [1.54, 1.807) is 13.8 Å². The predicted octanol–water partition coefficient (Wildman–Crippen LogP) is 1.94. The molecular weight excluding hydrogens is 240 g/mol. The molecule has 0 aromatic rings. The lowest BCUT2D eigenvalue weighted by Crippen LogP contribution is -2.71. The maximum absolute atomic E-state index is 12.6. The molecule has 2 amide bonds. The Morgan fingerprint density at radius 1 is 1.26 bits per heavy atom. The number of hydrogen-bond donors (Lipinski definition) is 1. The van der Waals surface area contributed by atoms with Crippen molar-refractivity contribution in [3.05, 3.63) is 0 Å². The zero-order valence-corrected chi connectivity index (χ0v) is 12.7. The van der Waals surface area contributed by atoms with E-state index in [9.17, 15) is 9.59 Å². The van der Waals surface area contributed by atoms with E-state index in [0.717, 1.165) is 6.54 Å². The second kappa shape index (κ2) is 4.50. The highest BCUT2D eigenvalue weighted by molar-refractivity contribution is 5.99. The van der Waals surface area contributed by atoms with Crippen molar-refractivity contribution < 1.29 is 9.59 Å². The number of carbonyl (C=O) groups is 2. The van der Waals surface area contributed by atoms with Crippen molar-refractivity contribution in [1.82, 2.24) is 10.2 Å². The van der Waals surface area contributed by atoms with Crippen LogP contribution in [0.3, 0.4) is 0 Å². The molecule has 0 bridgehead atoms. The van der Waals surface area contributed by atoms with Gasteiger partial charge in [-0.15, -0.1) is 0 Å². The molecular formula is C15H26N2O2. The summed E-state index contributed by atoms with van der Waals surface area (Å²) in [5.41, 5.74) is -1.01. The van der Waals surface area contributed by atoms with Crippen LogP contribution in [0.4, 0.5) is 0 Å². The standard InChI is InChI=1S/C15H26N2O2/c1-14(2,3)11-12(18)16-15(4,5)13(19)17(11)9-10-7-6-8-10/h10-11H,6-9H2,1-5H3,(H,16,18). The molecule has 1 aliphatic heterocycles. The highest BCUT2D eigenvalue weighted by Crippen LogP contribution is 2.34. The van der Waals surface area contributed by atoms with Crippen LogP contribution in [0, 0.1) is 11.3 Å². The van der Waals surface area contributed by atoms with Gasteiger partial charge in [-0.2, -0.15) is 0 Å². The van der Waals surface area contributed by atoms with Crippen molar-refractivity contribution in [2.24, 2.45) is 11.3 Å². The van der Waals surface area contributed by atoms with Crippen LogP contribution < -0.4 is 5.32 Å². The van der Waals surface area contributed by atoms with Crippen LogP contribution in [0.2, 0.25) is 0 Å². The largest absolute Gasteiger partial charge is 0.340 e. The smallest absolute Gasteiger partial charge is 0.248 e. The van der Waals surface area contributed by atoms with E-state index in [-0.39, 0.29) is 23.3 Å². The van der Waals surface area contributed by atoms with Crippen LogP contribution in [0.1, 0.15) is 53.9 Å². The summed E-state index contributed by atoms with van der Waals surface area (Å²) in [6, 6.07) is -0.353. The van der Waals surface area contributed by atoms with Crippen molar-refractivity contribution in [3.8, 4) is 0 Å². The van der Waals surface area contributed by atoms with Crippen LogP contribution >= 0.6 is 0 Å². The van der Waals surface area contributed by atoms with Crippen molar-refractivity contribution in [1.29, 1.82) is 0 Å². The third-order valence-corrected chi connectivity index (χ3v) is 4.29. The van der Waals surface area contributed by atoms with E-state index in [2.05, 4.69) is 5.32 Å². The highest BCUT2D eigenvalue weighted by Gasteiger charge is 2.50. The lowest BCUT2D eigenvalue weighted by molar-refractivity contribution is -0.159. The second-order valence-corrected chi connectivity index (χ2v) is 7.64. The fraction of sp³-hybridized carbons (Fsp3) is 0.867. The lowest BCUT2D eigenvalue weighted by Gasteiger charge is -2.49. The molecule has 0 aromatic carbocycles. The number of hydrogen-bond acceptors (Lipinski definition) is 2. The van der Waals surface area contributed by atoms with Gasteiger partial charge in [0, 0.05) is 6.54 Å². The number of carbonyl (C=O) groups excluding carboxylic acids is 2. The monoisotopic (exact) mass is 266 g/mol. The van der Waals surface area contributed by atoms with Gasteiger partial charge in [0.15, 0.2) is 0 Å². The number of nitrogens with one attached hydrogen (secondary N) is 1. The minimum Gasteiger partial charge on any atom is -0.340 e. The van der Waals surface area contributed by atoms with Crippen LogP contribution in [-0.4, -0.2) is 34.8 Å². The molecule has 2 fully saturated rings. The van der Waals surface area contributed by atoms with Crippen LogP contribution in [0.25, 0.3) is 0 Å². The predicted molar refractivity (Wildman–Crippen MR) is 74.5 cm³/mol. The molecule has 1 saturated carbocycles. The Hall–Kier alpha value is -1.06. The summed E-state index contributed by atoms with van der Waals surface area (Å²) >= 11 is 0. The van der Waals surface area contributed by atoms with Gasteiger partial charge >= 0.3 is 0 Å². The molecule has 1 N–H and O–H groups in total. The van der Waals surface area contributed by atoms with Crippen LogP contribution in [0.5, 0.6) is 0 Å². The van der Waals surface area contributed by atoms with E-state index in [1.807, 2.05) is 25.7 Å². The maximum atomic E-state index is 12.6. The Bertz CT molecular complexity index is 391. The van der Waals surface area contributed by atoms with Crippen molar-refractivity contribution >= 4 is 11.8 Å². The van der Waals surface area contributed by atoms with Crippen LogP contribution in [0.15, 0.2) is 0 Å². The normalized spacial score (nSPS) is 28.1. The number of piperazine rings is 1. The molecule has 19 heavy (non-hydrogen) atoms. The molecule has 1 saturated heterocycles. The Morgan fingerprint density at radius 3 is 2.26 bits per heavy atom. The highest BCUT2D eigenvalue weighted by atomic mass is 16.2. The molecule has 0 aromatic heterocycles. The first-order valence-corrected chi connectivity index (χ1v) is 7.26. The molecule has 0 radical (unpaired) electrons. The van der Waals surface area contributed by atoms with E-state index >= 15 is 0 Å². The molecule has 1 aliphatic carbocycles. The average Bonchev–Trinajstić information content (AvgIpc) is 2.15. The van der Waals surface area contributed by atoms with Gasteiger partial charge in [0.25, 0.3) is 0 Å². The Morgan fingerprint density at radius 2 is 1.84 bits per heavy atom. The van der Waals surface area contributed by atoms with Gasteiger partial charge < -0.3 is 10.2 Å². The SMILES string of the molecule is CC1(C)NC(=O)C(C(C)(C)C)N(CC2CCC2)C1=O. The molecule has 1 unspecified atom stereocenters. The average molecular weight is 266 g/mol. The molecule has 1 atom stereocenters. The molecule has 4 nitrogen and oxygen atoms in total. The van der Waals surface area contributed by atoms with Crippen molar-refractivity contribution in [3.63, 3.8) is 0 Å². The van der Waals surface area contributed by atoms with Crippen molar-refractivity contribution in [2.75, 3.05) is 6.54 Å². The van der Waals surface area contributed by atoms with Gasteiger partial charge in [-0.25, -0.2) is 0 Å². The first-order chi connectivity index (χ1) is 8.63. The molecule has 1 heterocycles. The fourth-order valence-corrected chi connectivity index (χ4v) is 3.05. The number of nitrogens with zero attached hydrogens (tertiary/aromatic N) is 1. The lowest BCUT2D eigenvalue weighted by atomic mass is 9.79. The van der Waals surface area contributed by atoms with Gasteiger partial charge in [-0.3, -0.25) is 9.59 Å². The Kier molecular flexibility index (Phi) is 3.40. The number of amides is 2. The quantitative estimate of drug-likeness (QED) is 0.830. The molecule has 108 valence electrons. The molecule has 4 heteroatoms. The zero-order chi connectivity index (χ0) is 14.4. The summed E-state index contributed by atoms with van der Waals surface area (Å²) in [4.78, 5) is 26.9. The molecule has 2 rings (SSSR count). The van der Waals surface area contributed by atoms with Gasteiger partial charge in [0.05, 0.1) is 0 Å². The third kappa shape index (κ3) is 2.63. The summed E-state index contributed by atoms with van der Waals surface area (Å²) < 4.78 is 0. The minimum atomic E-state index is -0.775. The third-order valence-electron chi connectivity index (χ3n) is 4.29. The topological polar surface area (TPSA) is 49.4 Å². The minimum absolute atomic E-state index is 0.0172. The number of rotatable bonds is 2. The fourth-order valence-electron chi connectivity index (χ4n) is 3.05. The molecule has 0 spiro atoms. The Labute approximate surface area is 115 Å². The van der Waals surface area contributed by atoms with E-state index in [4.69, 9.17) is 0 Å². The van der Waals surface area contributed by atoms with Gasteiger partial charge in [-0.05, 0) is 38.0 Å². The van der Waals surface area contributed by atoms with Gasteiger partial charge in [0.2, 0.25) is 11.8 Å². The van der Waals surface area contributed by atoms with Gasteiger partial charge in [0.1, 0.15) is 11.6 Å². The Balaban J connectivity index is 2.27. The molecule has 2 aliphatic rings. The van der Waals surface area contributed by atoms with Crippen molar-refractivity contribution in [2.45, 2.75) is 65.5 Å². The zero-order valence-electron chi connectivity index (χ0n) is 12.7. The first-order valence-electron chi connectivity index (χ1n) is 7.26. The summed E-state index contributed by atoms with van der Waals surface area (Å²) in [5, 5.41) is 2.87. The summed E-state index contributed by atoms with van der Waals surface area (Å²) in [6.45, 7) is 10.4. The summed E-state index contributed by atoms with van der Waals surface area (Å²) in [5.74, 6) is 0.617. The van der Waals surface area contributed by atoms with E-state index < -0.39 is 5.54 Å². The summed E-state index contributed by atoms with van der Waals surface area (Å²) in [6.07, 6.45) is 3.62. The van der Waals surface area contributed by atoms with Crippen LogP contribution in [-0.2, 0) is 9.59 Å². The van der Waals surface area contributed by atoms with E-state index in [1.165, 1.54) is 19.3 Å². The van der Waals surface area contributed by atoms with E-state index in [0.29, 0.717) is 5.92 Å². The van der Waals surface area contributed by atoms with Gasteiger partial charge in [-0.1, -0.05) is 27.2 Å².